The van der Waals surface area contributed by atoms with E-state index in [0.717, 1.165) is 0 Å². The number of aromatic hydroxyl groups is 1. The summed E-state index contributed by atoms with van der Waals surface area (Å²) in [6, 6.07) is 1.45. The third-order valence-electron chi connectivity index (χ3n) is 1.93. The molecule has 1 rings (SSSR count). The lowest BCUT2D eigenvalue weighted by atomic mass is 10.2. The molecule has 0 aliphatic carbocycles. The van der Waals surface area contributed by atoms with E-state index in [1.807, 2.05) is 13.8 Å². The molecule has 0 saturated carbocycles. The van der Waals surface area contributed by atoms with E-state index in [2.05, 4.69) is 22.1 Å². The normalized spacial score (nSPS) is 9.65. The van der Waals surface area contributed by atoms with Gasteiger partial charge in [-0.25, -0.2) is 4.98 Å². The number of nitrogens with one attached hydrogen (secondary N) is 1. The van der Waals surface area contributed by atoms with Crippen LogP contribution in [0.2, 0.25) is 0 Å². The lowest BCUT2D eigenvalue weighted by Gasteiger charge is -2.03. The summed E-state index contributed by atoms with van der Waals surface area (Å²) in [5.74, 6) is 5.56. The molecule has 0 saturated heterocycles. The first-order valence-electron chi connectivity index (χ1n) is 5.53. The second-order valence-electron chi connectivity index (χ2n) is 3.88. The van der Waals surface area contributed by atoms with E-state index < -0.39 is 0 Å². The molecule has 0 aliphatic rings. The Morgan fingerprint density at radius 1 is 1.59 bits per heavy atom. The maximum absolute atomic E-state index is 11.5. The molecule has 4 nitrogen and oxygen atoms in total. The predicted octanol–water partition coefficient (Wildman–Crippen LogP) is 1.54. The summed E-state index contributed by atoms with van der Waals surface area (Å²) < 4.78 is 0. The minimum Gasteiger partial charge on any atom is -0.505 e. The Balaban J connectivity index is 2.95. The Morgan fingerprint density at radius 3 is 2.82 bits per heavy atom. The van der Waals surface area contributed by atoms with Crippen molar-refractivity contribution in [3.8, 4) is 17.6 Å². The number of carbonyl (C=O) groups is 1. The summed E-state index contributed by atoms with van der Waals surface area (Å²) >= 11 is 0. The van der Waals surface area contributed by atoms with E-state index in [9.17, 15) is 9.90 Å². The molecule has 0 fully saturated rings. The van der Waals surface area contributed by atoms with Gasteiger partial charge < -0.3 is 10.4 Å². The number of amides is 1. The second-order valence-corrected chi connectivity index (χ2v) is 3.88. The number of carbonyl (C=O) groups excluding carboxylic acids is 1. The molecule has 0 atom stereocenters. The van der Waals surface area contributed by atoms with Gasteiger partial charge in [0.2, 0.25) is 0 Å². The van der Waals surface area contributed by atoms with Gasteiger partial charge in [0.05, 0.1) is 0 Å². The van der Waals surface area contributed by atoms with Gasteiger partial charge in [-0.1, -0.05) is 25.7 Å². The average molecular weight is 232 g/mol. The summed E-state index contributed by atoms with van der Waals surface area (Å²) in [6.45, 7) is 6.25. The van der Waals surface area contributed by atoms with E-state index in [1.165, 1.54) is 12.3 Å². The van der Waals surface area contributed by atoms with Gasteiger partial charge in [0.25, 0.3) is 5.91 Å². The van der Waals surface area contributed by atoms with Gasteiger partial charge >= 0.3 is 0 Å². The fourth-order valence-corrected chi connectivity index (χ4v) is 1.17. The average Bonchev–Trinajstić information content (AvgIpc) is 2.26. The van der Waals surface area contributed by atoms with Crippen LogP contribution in [0, 0.1) is 17.8 Å². The van der Waals surface area contributed by atoms with Gasteiger partial charge in [0.1, 0.15) is 5.75 Å². The van der Waals surface area contributed by atoms with Crippen molar-refractivity contribution in [2.75, 3.05) is 6.54 Å². The summed E-state index contributed by atoms with van der Waals surface area (Å²) in [5.41, 5.74) is 0.631. The van der Waals surface area contributed by atoms with E-state index in [1.54, 1.807) is 6.92 Å². The van der Waals surface area contributed by atoms with Crippen molar-refractivity contribution >= 4 is 5.91 Å². The van der Waals surface area contributed by atoms with Crippen LogP contribution < -0.4 is 5.32 Å². The van der Waals surface area contributed by atoms with Crippen LogP contribution in [-0.2, 0) is 0 Å². The number of rotatable bonds is 2. The molecule has 0 aromatic carbocycles. The quantitative estimate of drug-likeness (QED) is 0.760. The molecule has 17 heavy (non-hydrogen) atoms. The SMILES string of the molecule is CCNC(=O)c1ncc(C#CC(C)C)cc1O. The molecule has 1 aromatic heterocycles. The molecular formula is C13H16N2O2. The minimum atomic E-state index is -0.381. The van der Waals surface area contributed by atoms with Crippen molar-refractivity contribution < 1.29 is 9.90 Å². The highest BCUT2D eigenvalue weighted by atomic mass is 16.3. The Hall–Kier alpha value is -2.02. The van der Waals surface area contributed by atoms with Gasteiger partial charge in [0.15, 0.2) is 5.69 Å². The molecule has 0 bridgehead atoms. The van der Waals surface area contributed by atoms with Crippen LogP contribution in [0.1, 0.15) is 36.8 Å². The van der Waals surface area contributed by atoms with Crippen LogP contribution in [0.5, 0.6) is 5.75 Å². The fraction of sp³-hybridized carbons (Fsp3) is 0.385. The largest absolute Gasteiger partial charge is 0.505 e. The molecule has 1 aromatic rings. The van der Waals surface area contributed by atoms with Crippen LogP contribution in [0.15, 0.2) is 12.3 Å². The lowest BCUT2D eigenvalue weighted by molar-refractivity contribution is 0.0948. The number of pyridine rings is 1. The second kappa shape index (κ2) is 5.90. The Bertz CT molecular complexity index is 470. The molecule has 0 aliphatic heterocycles. The molecule has 1 heterocycles. The van der Waals surface area contributed by atoms with Crippen molar-refractivity contribution in [1.29, 1.82) is 0 Å². The van der Waals surface area contributed by atoms with Crippen molar-refractivity contribution in [2.45, 2.75) is 20.8 Å². The maximum atomic E-state index is 11.5. The molecule has 0 unspecified atom stereocenters. The number of hydrogen-bond acceptors (Lipinski definition) is 3. The third kappa shape index (κ3) is 3.80. The van der Waals surface area contributed by atoms with Gasteiger partial charge in [-0.15, -0.1) is 0 Å². The highest BCUT2D eigenvalue weighted by Crippen LogP contribution is 2.15. The monoisotopic (exact) mass is 232 g/mol. The van der Waals surface area contributed by atoms with Gasteiger partial charge in [0, 0.05) is 24.2 Å². The zero-order chi connectivity index (χ0) is 12.8. The first-order chi connectivity index (χ1) is 8.04. The van der Waals surface area contributed by atoms with Crippen LogP contribution in [0.4, 0.5) is 0 Å². The summed E-state index contributed by atoms with van der Waals surface area (Å²) in [7, 11) is 0. The van der Waals surface area contributed by atoms with Gasteiger partial charge in [-0.3, -0.25) is 4.79 Å². The zero-order valence-corrected chi connectivity index (χ0v) is 10.2. The maximum Gasteiger partial charge on any atom is 0.273 e. The van der Waals surface area contributed by atoms with Crippen LogP contribution in [0.3, 0.4) is 0 Å². The first-order valence-corrected chi connectivity index (χ1v) is 5.53. The number of hydrogen-bond donors (Lipinski definition) is 2. The lowest BCUT2D eigenvalue weighted by Crippen LogP contribution is -2.23. The van der Waals surface area contributed by atoms with E-state index in [-0.39, 0.29) is 23.3 Å². The zero-order valence-electron chi connectivity index (χ0n) is 10.2. The molecule has 0 radical (unpaired) electrons. The summed E-state index contributed by atoms with van der Waals surface area (Å²) in [4.78, 5) is 15.4. The summed E-state index contributed by atoms with van der Waals surface area (Å²) in [6.07, 6.45) is 1.49. The Morgan fingerprint density at radius 2 is 2.29 bits per heavy atom. The number of nitrogens with zero attached hydrogens (tertiary/aromatic N) is 1. The molecule has 90 valence electrons. The fourth-order valence-electron chi connectivity index (χ4n) is 1.17. The highest BCUT2D eigenvalue weighted by molar-refractivity contribution is 5.94. The van der Waals surface area contributed by atoms with Crippen LogP contribution >= 0.6 is 0 Å². The molecule has 4 heteroatoms. The van der Waals surface area contributed by atoms with Crippen molar-refractivity contribution in [2.24, 2.45) is 5.92 Å². The molecule has 2 N–H and O–H groups in total. The smallest absolute Gasteiger partial charge is 0.273 e. The third-order valence-corrected chi connectivity index (χ3v) is 1.93. The Labute approximate surface area is 101 Å². The standard InChI is InChI=1S/C13H16N2O2/c1-4-14-13(17)12-11(16)7-10(8-15-12)6-5-9(2)3/h7-9,16H,4H2,1-3H3,(H,14,17). The van der Waals surface area contributed by atoms with Crippen molar-refractivity contribution in [1.82, 2.24) is 10.3 Å². The van der Waals surface area contributed by atoms with Crippen LogP contribution in [-0.4, -0.2) is 22.5 Å². The minimum absolute atomic E-state index is 0.0296. The molecule has 1 amide bonds. The molecule has 0 spiro atoms. The highest BCUT2D eigenvalue weighted by Gasteiger charge is 2.11. The summed E-state index contributed by atoms with van der Waals surface area (Å²) in [5, 5.41) is 12.2. The first kappa shape index (κ1) is 13.0. The van der Waals surface area contributed by atoms with Crippen LogP contribution in [0.25, 0.3) is 0 Å². The van der Waals surface area contributed by atoms with Gasteiger partial charge in [-0.2, -0.15) is 0 Å². The van der Waals surface area contributed by atoms with Gasteiger partial charge in [-0.05, 0) is 13.0 Å². The topological polar surface area (TPSA) is 62.2 Å². The predicted molar refractivity (Wildman–Crippen MR) is 65.6 cm³/mol. The molecular weight excluding hydrogens is 216 g/mol. The van der Waals surface area contributed by atoms with E-state index >= 15 is 0 Å². The van der Waals surface area contributed by atoms with Crippen molar-refractivity contribution in [3.05, 3.63) is 23.5 Å². The Kier molecular flexibility index (Phi) is 4.53. The van der Waals surface area contributed by atoms with E-state index in [4.69, 9.17) is 0 Å². The van der Waals surface area contributed by atoms with Crippen molar-refractivity contribution in [3.63, 3.8) is 0 Å². The van der Waals surface area contributed by atoms with E-state index in [0.29, 0.717) is 12.1 Å². The number of aromatic nitrogens is 1.